The molecule has 2 heterocycles. The topological polar surface area (TPSA) is 95.8 Å². The number of nitrogens with zero attached hydrogens (tertiary/aromatic N) is 4. The van der Waals surface area contributed by atoms with Crippen LogP contribution in [-0.2, 0) is 16.6 Å². The molecule has 0 radical (unpaired) electrons. The minimum absolute atomic E-state index is 0.0295. The summed E-state index contributed by atoms with van der Waals surface area (Å²) in [6, 6.07) is 15.5. The normalized spacial score (nSPS) is 12.1. The quantitative estimate of drug-likeness (QED) is 0.541. The second-order valence-corrected chi connectivity index (χ2v) is 9.46. The van der Waals surface area contributed by atoms with Gasteiger partial charge in [0, 0.05) is 17.7 Å². The summed E-state index contributed by atoms with van der Waals surface area (Å²) in [4.78, 5) is 8.86. The highest BCUT2D eigenvalue weighted by atomic mass is 32.2. The molecule has 0 atom stereocenters. The Morgan fingerprint density at radius 1 is 1.07 bits per heavy atom. The Labute approximate surface area is 169 Å². The lowest BCUT2D eigenvalue weighted by Crippen LogP contribution is -2.23. The highest BCUT2D eigenvalue weighted by Gasteiger charge is 2.25. The van der Waals surface area contributed by atoms with Gasteiger partial charge in [-0.3, -0.25) is 0 Å². The Morgan fingerprint density at radius 2 is 1.79 bits per heavy atom. The number of anilines is 1. The third-order valence-corrected chi connectivity index (χ3v) is 7.07. The summed E-state index contributed by atoms with van der Waals surface area (Å²) in [5.74, 6) is -0.0295. The first kappa shape index (κ1) is 19.2. The van der Waals surface area contributed by atoms with E-state index >= 15 is 0 Å². The van der Waals surface area contributed by atoms with E-state index in [-0.39, 0.29) is 5.95 Å². The van der Waals surface area contributed by atoms with Crippen LogP contribution in [0.3, 0.4) is 0 Å². The molecule has 0 fully saturated rings. The van der Waals surface area contributed by atoms with Crippen molar-refractivity contribution in [2.45, 2.75) is 32.6 Å². The molecular weight excluding hydrogens is 386 g/mol. The zero-order valence-electron chi connectivity index (χ0n) is 16.6. The van der Waals surface area contributed by atoms with E-state index in [2.05, 4.69) is 9.97 Å². The summed E-state index contributed by atoms with van der Waals surface area (Å²) in [5, 5.41) is -0.619. The molecule has 0 aliphatic heterocycles. The number of rotatable bonds is 5. The van der Waals surface area contributed by atoms with Crippen LogP contribution in [0.4, 0.5) is 5.95 Å². The third kappa shape index (κ3) is 3.09. The van der Waals surface area contributed by atoms with Crippen LogP contribution in [0.25, 0.3) is 33.5 Å². The number of imidazole rings is 2. The predicted octanol–water partition coefficient (Wildman–Crippen LogP) is 3.76. The molecule has 2 aromatic heterocycles. The Balaban J connectivity index is 1.99. The fourth-order valence-electron chi connectivity index (χ4n) is 3.43. The van der Waals surface area contributed by atoms with Crippen molar-refractivity contribution in [2.75, 3.05) is 5.73 Å². The standard InChI is InChI=1S/C21H23N5O2S/c1-4-25-13-23-19(15-8-6-5-7-9-15)20(25)16-10-11-17-18(12-16)26(21(22)24-17)29(27,28)14(2)3/h5-14H,4H2,1-3H3,(H2,22,24). The van der Waals surface area contributed by atoms with Crippen molar-refractivity contribution in [1.29, 1.82) is 0 Å². The van der Waals surface area contributed by atoms with Gasteiger partial charge in [-0.15, -0.1) is 0 Å². The fraction of sp³-hybridized carbons (Fsp3) is 0.238. The lowest BCUT2D eigenvalue weighted by Gasteiger charge is -2.12. The molecule has 0 amide bonds. The van der Waals surface area contributed by atoms with Gasteiger partial charge in [0.25, 0.3) is 0 Å². The van der Waals surface area contributed by atoms with Crippen LogP contribution in [0.5, 0.6) is 0 Å². The minimum Gasteiger partial charge on any atom is -0.368 e. The highest BCUT2D eigenvalue weighted by Crippen LogP contribution is 2.34. The Morgan fingerprint density at radius 3 is 2.45 bits per heavy atom. The van der Waals surface area contributed by atoms with E-state index in [4.69, 9.17) is 5.73 Å². The van der Waals surface area contributed by atoms with Crippen molar-refractivity contribution in [3.8, 4) is 22.5 Å². The van der Waals surface area contributed by atoms with Crippen molar-refractivity contribution in [3.05, 3.63) is 54.9 Å². The van der Waals surface area contributed by atoms with E-state index in [1.807, 2.05) is 54.0 Å². The van der Waals surface area contributed by atoms with Crippen molar-refractivity contribution < 1.29 is 8.42 Å². The van der Waals surface area contributed by atoms with Crippen molar-refractivity contribution in [1.82, 2.24) is 18.5 Å². The molecule has 0 saturated heterocycles. The number of hydrogen-bond acceptors (Lipinski definition) is 5. The van der Waals surface area contributed by atoms with Gasteiger partial charge in [0.05, 0.1) is 34.0 Å². The predicted molar refractivity (Wildman–Crippen MR) is 116 cm³/mol. The Bertz CT molecular complexity index is 1290. The summed E-state index contributed by atoms with van der Waals surface area (Å²) in [7, 11) is -3.65. The zero-order chi connectivity index (χ0) is 20.8. The van der Waals surface area contributed by atoms with E-state index in [0.29, 0.717) is 11.0 Å². The van der Waals surface area contributed by atoms with E-state index in [9.17, 15) is 8.42 Å². The first-order valence-electron chi connectivity index (χ1n) is 9.48. The molecule has 0 saturated carbocycles. The molecule has 7 nitrogen and oxygen atoms in total. The number of fused-ring (bicyclic) bond motifs is 1. The number of aromatic nitrogens is 4. The maximum Gasteiger partial charge on any atom is 0.244 e. The number of aryl methyl sites for hydroxylation is 1. The van der Waals surface area contributed by atoms with Gasteiger partial charge in [0.15, 0.2) is 0 Å². The molecule has 0 aliphatic carbocycles. The van der Waals surface area contributed by atoms with Gasteiger partial charge in [-0.25, -0.2) is 22.4 Å². The van der Waals surface area contributed by atoms with Gasteiger partial charge in [0.2, 0.25) is 16.0 Å². The summed E-state index contributed by atoms with van der Waals surface area (Å²) < 4.78 is 28.9. The second-order valence-electron chi connectivity index (χ2n) is 7.13. The van der Waals surface area contributed by atoms with E-state index in [0.717, 1.165) is 33.0 Å². The Kier molecular flexibility index (Phi) is 4.66. The molecule has 0 aliphatic rings. The Hall–Kier alpha value is -3.13. The number of benzene rings is 2. The number of nitrogens with two attached hydrogens (primary N) is 1. The van der Waals surface area contributed by atoms with E-state index in [1.54, 1.807) is 26.2 Å². The third-order valence-electron chi connectivity index (χ3n) is 4.99. The first-order valence-corrected chi connectivity index (χ1v) is 11.0. The summed E-state index contributed by atoms with van der Waals surface area (Å²) in [5.41, 5.74) is 10.6. The molecule has 29 heavy (non-hydrogen) atoms. The smallest absolute Gasteiger partial charge is 0.244 e. The van der Waals surface area contributed by atoms with Gasteiger partial charge in [0.1, 0.15) is 0 Å². The van der Waals surface area contributed by atoms with Crippen LogP contribution >= 0.6 is 0 Å². The molecular formula is C21H23N5O2S. The summed E-state index contributed by atoms with van der Waals surface area (Å²) >= 11 is 0. The zero-order valence-corrected chi connectivity index (χ0v) is 17.4. The average molecular weight is 410 g/mol. The fourth-order valence-corrected chi connectivity index (χ4v) is 4.57. The molecule has 4 aromatic rings. The molecule has 0 bridgehead atoms. The molecule has 2 N–H and O–H groups in total. The molecule has 0 unspecified atom stereocenters. The van der Waals surface area contributed by atoms with Crippen LogP contribution in [0.2, 0.25) is 0 Å². The van der Waals surface area contributed by atoms with E-state index < -0.39 is 15.3 Å². The van der Waals surface area contributed by atoms with Gasteiger partial charge in [-0.2, -0.15) is 0 Å². The van der Waals surface area contributed by atoms with Gasteiger partial charge >= 0.3 is 0 Å². The largest absolute Gasteiger partial charge is 0.368 e. The monoisotopic (exact) mass is 409 g/mol. The molecule has 150 valence electrons. The summed E-state index contributed by atoms with van der Waals surface area (Å²) in [6.45, 7) is 6.04. The molecule has 0 spiro atoms. The number of nitrogen functional groups attached to an aromatic ring is 1. The van der Waals surface area contributed by atoms with E-state index in [1.165, 1.54) is 0 Å². The SMILES string of the molecule is CCn1cnc(-c2ccccc2)c1-c1ccc2nc(N)n(S(=O)(=O)C(C)C)c2c1. The van der Waals surface area contributed by atoms with Crippen LogP contribution in [-0.4, -0.2) is 32.2 Å². The second kappa shape index (κ2) is 7.04. The van der Waals surface area contributed by atoms with Crippen molar-refractivity contribution in [2.24, 2.45) is 0 Å². The lowest BCUT2D eigenvalue weighted by molar-refractivity contribution is 0.580. The lowest BCUT2D eigenvalue weighted by atomic mass is 10.0. The summed E-state index contributed by atoms with van der Waals surface area (Å²) in [6.07, 6.45) is 1.80. The number of hydrogen-bond donors (Lipinski definition) is 1. The molecule has 2 aromatic carbocycles. The van der Waals surface area contributed by atoms with Crippen LogP contribution in [0.1, 0.15) is 20.8 Å². The van der Waals surface area contributed by atoms with Gasteiger partial charge in [-0.05, 0) is 32.9 Å². The van der Waals surface area contributed by atoms with Crippen LogP contribution in [0, 0.1) is 0 Å². The minimum atomic E-state index is -3.65. The van der Waals surface area contributed by atoms with Crippen molar-refractivity contribution in [3.63, 3.8) is 0 Å². The van der Waals surface area contributed by atoms with Crippen molar-refractivity contribution >= 4 is 27.0 Å². The van der Waals surface area contributed by atoms with Crippen LogP contribution < -0.4 is 5.73 Å². The maximum absolute atomic E-state index is 12.9. The first-order chi connectivity index (χ1) is 13.8. The average Bonchev–Trinajstić information content (AvgIpc) is 3.28. The van der Waals surface area contributed by atoms with Gasteiger partial charge in [-0.1, -0.05) is 36.4 Å². The maximum atomic E-state index is 12.9. The van der Waals surface area contributed by atoms with Gasteiger partial charge < -0.3 is 10.3 Å². The highest BCUT2D eigenvalue weighted by molar-refractivity contribution is 7.90. The molecule has 4 rings (SSSR count). The molecule has 8 heteroatoms. The van der Waals surface area contributed by atoms with Crippen LogP contribution in [0.15, 0.2) is 54.9 Å².